The lowest BCUT2D eigenvalue weighted by Crippen LogP contribution is -2.37. The van der Waals surface area contributed by atoms with Crippen LogP contribution in [0.4, 0.5) is 0 Å². The second-order valence-electron chi connectivity index (χ2n) is 5.16. The number of ether oxygens (including phenoxy) is 1. The van der Waals surface area contributed by atoms with Gasteiger partial charge in [-0.05, 0) is 51.6 Å². The van der Waals surface area contributed by atoms with E-state index in [0.717, 1.165) is 44.8 Å². The van der Waals surface area contributed by atoms with Crippen LogP contribution in [0.25, 0.3) is 0 Å². The van der Waals surface area contributed by atoms with Gasteiger partial charge in [0.1, 0.15) is 6.10 Å². The quantitative estimate of drug-likeness (QED) is 0.650. The molecule has 106 valence electrons. The van der Waals surface area contributed by atoms with E-state index in [1.54, 1.807) is 0 Å². The molecule has 0 bridgehead atoms. The van der Waals surface area contributed by atoms with Crippen molar-refractivity contribution in [3.05, 3.63) is 0 Å². The van der Waals surface area contributed by atoms with Crippen molar-refractivity contribution in [1.29, 1.82) is 0 Å². The van der Waals surface area contributed by atoms with Crippen LogP contribution in [0.3, 0.4) is 0 Å². The second kappa shape index (κ2) is 9.34. The number of rotatable bonds is 8. The molecule has 0 spiro atoms. The van der Waals surface area contributed by atoms with E-state index in [1.807, 2.05) is 6.92 Å². The molecular formula is C14H28N2O2. The van der Waals surface area contributed by atoms with Gasteiger partial charge in [0.2, 0.25) is 5.91 Å². The van der Waals surface area contributed by atoms with Crippen molar-refractivity contribution < 1.29 is 9.53 Å². The topological polar surface area (TPSA) is 50.4 Å². The Morgan fingerprint density at radius 1 is 1.56 bits per heavy atom. The van der Waals surface area contributed by atoms with Crippen LogP contribution in [0.1, 0.15) is 46.0 Å². The average Bonchev–Trinajstić information content (AvgIpc) is 2.40. The van der Waals surface area contributed by atoms with Crippen molar-refractivity contribution in [2.75, 3.05) is 26.2 Å². The molecule has 0 aromatic carbocycles. The van der Waals surface area contributed by atoms with Gasteiger partial charge in [-0.25, -0.2) is 0 Å². The number of carbonyl (C=O) groups excluding carboxylic acids is 1. The molecule has 18 heavy (non-hydrogen) atoms. The summed E-state index contributed by atoms with van der Waals surface area (Å²) in [6.45, 7) is 7.63. The Morgan fingerprint density at radius 3 is 3.06 bits per heavy atom. The lowest BCUT2D eigenvalue weighted by Gasteiger charge is -2.23. The van der Waals surface area contributed by atoms with Gasteiger partial charge in [0, 0.05) is 13.2 Å². The van der Waals surface area contributed by atoms with E-state index in [1.165, 1.54) is 12.8 Å². The monoisotopic (exact) mass is 256 g/mol. The van der Waals surface area contributed by atoms with E-state index in [-0.39, 0.29) is 12.0 Å². The van der Waals surface area contributed by atoms with Crippen LogP contribution in [0.2, 0.25) is 0 Å². The third-order valence-electron chi connectivity index (χ3n) is 3.49. The Labute approximate surface area is 111 Å². The number of unbranched alkanes of at least 4 members (excludes halogenated alkanes) is 1. The molecule has 0 aromatic rings. The summed E-state index contributed by atoms with van der Waals surface area (Å²) in [5, 5.41) is 6.36. The maximum atomic E-state index is 11.7. The predicted octanol–water partition coefficient (Wildman–Crippen LogP) is 1.70. The van der Waals surface area contributed by atoms with Gasteiger partial charge in [-0.3, -0.25) is 4.79 Å². The maximum absolute atomic E-state index is 11.7. The molecule has 0 aromatic heterocycles. The molecule has 1 aliphatic rings. The van der Waals surface area contributed by atoms with Crippen molar-refractivity contribution in [2.24, 2.45) is 5.92 Å². The van der Waals surface area contributed by atoms with Gasteiger partial charge in [-0.15, -0.1) is 0 Å². The van der Waals surface area contributed by atoms with Crippen LogP contribution in [0.15, 0.2) is 0 Å². The fourth-order valence-corrected chi connectivity index (χ4v) is 2.19. The lowest BCUT2D eigenvalue weighted by molar-refractivity contribution is -0.131. The molecule has 0 aliphatic carbocycles. The third-order valence-corrected chi connectivity index (χ3v) is 3.49. The Balaban J connectivity index is 2.04. The molecule has 0 radical (unpaired) electrons. The van der Waals surface area contributed by atoms with Gasteiger partial charge >= 0.3 is 0 Å². The first-order chi connectivity index (χ1) is 8.74. The van der Waals surface area contributed by atoms with E-state index in [2.05, 4.69) is 17.6 Å². The maximum Gasteiger partial charge on any atom is 0.248 e. The molecule has 1 amide bonds. The van der Waals surface area contributed by atoms with Gasteiger partial charge in [0.25, 0.3) is 0 Å². The number of nitrogens with one attached hydrogen (secondary N) is 2. The average molecular weight is 256 g/mol. The molecule has 1 fully saturated rings. The zero-order valence-electron chi connectivity index (χ0n) is 11.8. The predicted molar refractivity (Wildman–Crippen MR) is 73.5 cm³/mol. The van der Waals surface area contributed by atoms with Crippen LogP contribution in [0.5, 0.6) is 0 Å². The standard InChI is InChI=1S/C14H28N2O2/c1-3-4-10-18-12(2)14(17)16-9-7-13-6-5-8-15-11-13/h12-13,15H,3-11H2,1-2H3,(H,16,17). The molecule has 1 rings (SSSR count). The van der Waals surface area contributed by atoms with Crippen LogP contribution in [0, 0.1) is 5.92 Å². The van der Waals surface area contributed by atoms with Gasteiger partial charge in [-0.1, -0.05) is 13.3 Å². The van der Waals surface area contributed by atoms with E-state index >= 15 is 0 Å². The largest absolute Gasteiger partial charge is 0.369 e. The first kappa shape index (κ1) is 15.4. The summed E-state index contributed by atoms with van der Waals surface area (Å²) >= 11 is 0. The first-order valence-corrected chi connectivity index (χ1v) is 7.34. The molecule has 2 unspecified atom stereocenters. The summed E-state index contributed by atoms with van der Waals surface area (Å²) in [6, 6.07) is 0. The van der Waals surface area contributed by atoms with Gasteiger partial charge in [0.15, 0.2) is 0 Å². The normalized spacial score (nSPS) is 21.6. The first-order valence-electron chi connectivity index (χ1n) is 7.34. The molecule has 2 N–H and O–H groups in total. The number of hydrogen-bond acceptors (Lipinski definition) is 3. The van der Waals surface area contributed by atoms with Crippen LogP contribution in [-0.2, 0) is 9.53 Å². The van der Waals surface area contributed by atoms with E-state index in [4.69, 9.17) is 4.74 Å². The number of hydrogen-bond donors (Lipinski definition) is 2. The summed E-state index contributed by atoms with van der Waals surface area (Å²) in [4.78, 5) is 11.7. The Morgan fingerprint density at radius 2 is 2.39 bits per heavy atom. The van der Waals surface area contributed by atoms with Crippen molar-refractivity contribution >= 4 is 5.91 Å². The van der Waals surface area contributed by atoms with Gasteiger partial charge < -0.3 is 15.4 Å². The molecule has 1 saturated heterocycles. The molecule has 4 heteroatoms. The lowest BCUT2D eigenvalue weighted by atomic mass is 9.96. The molecule has 1 aliphatic heterocycles. The fraction of sp³-hybridized carbons (Fsp3) is 0.929. The molecule has 1 heterocycles. The molecule has 0 saturated carbocycles. The Hall–Kier alpha value is -0.610. The smallest absolute Gasteiger partial charge is 0.248 e. The van der Waals surface area contributed by atoms with Crippen molar-refractivity contribution in [3.8, 4) is 0 Å². The minimum absolute atomic E-state index is 0.0230. The number of piperidine rings is 1. The Kier molecular flexibility index (Phi) is 8.01. The van der Waals surface area contributed by atoms with Crippen LogP contribution >= 0.6 is 0 Å². The zero-order chi connectivity index (χ0) is 13.2. The molecule has 4 nitrogen and oxygen atoms in total. The van der Waals surface area contributed by atoms with Gasteiger partial charge in [0.05, 0.1) is 0 Å². The Bertz CT molecular complexity index is 228. The number of amides is 1. The summed E-state index contributed by atoms with van der Waals surface area (Å²) in [5.41, 5.74) is 0. The fourth-order valence-electron chi connectivity index (χ4n) is 2.19. The van der Waals surface area contributed by atoms with Crippen molar-refractivity contribution in [2.45, 2.75) is 52.1 Å². The second-order valence-corrected chi connectivity index (χ2v) is 5.16. The SMILES string of the molecule is CCCCOC(C)C(=O)NCCC1CCCNC1. The van der Waals surface area contributed by atoms with Gasteiger partial charge in [-0.2, -0.15) is 0 Å². The highest BCUT2D eigenvalue weighted by molar-refractivity contribution is 5.80. The highest BCUT2D eigenvalue weighted by atomic mass is 16.5. The third kappa shape index (κ3) is 6.36. The summed E-state index contributed by atoms with van der Waals surface area (Å²) in [6.07, 6.45) is 5.41. The van der Waals surface area contributed by atoms with E-state index in [9.17, 15) is 4.79 Å². The summed E-state index contributed by atoms with van der Waals surface area (Å²) < 4.78 is 5.46. The van der Waals surface area contributed by atoms with Crippen molar-refractivity contribution in [1.82, 2.24) is 10.6 Å². The zero-order valence-corrected chi connectivity index (χ0v) is 11.8. The van der Waals surface area contributed by atoms with Crippen molar-refractivity contribution in [3.63, 3.8) is 0 Å². The minimum atomic E-state index is -0.318. The summed E-state index contributed by atoms with van der Waals surface area (Å²) in [7, 11) is 0. The van der Waals surface area contributed by atoms with E-state index < -0.39 is 0 Å². The minimum Gasteiger partial charge on any atom is -0.369 e. The van der Waals surface area contributed by atoms with Crippen LogP contribution < -0.4 is 10.6 Å². The van der Waals surface area contributed by atoms with Crippen LogP contribution in [-0.4, -0.2) is 38.3 Å². The highest BCUT2D eigenvalue weighted by Crippen LogP contribution is 2.12. The number of carbonyl (C=O) groups is 1. The molecular weight excluding hydrogens is 228 g/mol. The van der Waals surface area contributed by atoms with E-state index in [0.29, 0.717) is 6.61 Å². The highest BCUT2D eigenvalue weighted by Gasteiger charge is 2.15. The summed E-state index contributed by atoms with van der Waals surface area (Å²) in [5.74, 6) is 0.741. The molecule has 2 atom stereocenters.